The summed E-state index contributed by atoms with van der Waals surface area (Å²) in [6.07, 6.45) is 5.95. The number of nitrogens with one attached hydrogen (secondary N) is 3. The Morgan fingerprint density at radius 2 is 1.66 bits per heavy atom. The Balaban J connectivity index is 1.38. The van der Waals surface area contributed by atoms with E-state index in [-0.39, 0.29) is 11.7 Å². The molecule has 0 unspecified atom stereocenters. The van der Waals surface area contributed by atoms with Crippen LogP contribution in [-0.4, -0.2) is 37.6 Å². The molecule has 1 saturated carbocycles. The number of aromatic nitrogens is 3. The predicted octanol–water partition coefficient (Wildman–Crippen LogP) is 3.85. The van der Waals surface area contributed by atoms with Crippen molar-refractivity contribution in [1.82, 2.24) is 30.9 Å². The number of rotatable bonds is 6. The van der Waals surface area contributed by atoms with Crippen molar-refractivity contribution < 1.29 is 4.79 Å². The Morgan fingerprint density at radius 1 is 0.969 bits per heavy atom. The van der Waals surface area contributed by atoms with E-state index in [1.54, 1.807) is 0 Å². The summed E-state index contributed by atoms with van der Waals surface area (Å²) in [5.41, 5.74) is 7.38. The van der Waals surface area contributed by atoms with Crippen LogP contribution in [0.2, 0.25) is 0 Å². The number of nitrogens with zero attached hydrogens (tertiary/aromatic N) is 3. The van der Waals surface area contributed by atoms with Crippen LogP contribution in [0.25, 0.3) is 17.1 Å². The van der Waals surface area contributed by atoms with Gasteiger partial charge < -0.3 is 5.32 Å². The lowest BCUT2D eigenvalue weighted by Crippen LogP contribution is -2.50. The molecule has 1 aliphatic rings. The molecule has 1 heterocycles. The van der Waals surface area contributed by atoms with Crippen LogP contribution in [0, 0.1) is 0 Å². The van der Waals surface area contributed by atoms with Crippen molar-refractivity contribution in [2.24, 2.45) is 0 Å². The normalized spacial score (nSPS) is 14.0. The van der Waals surface area contributed by atoms with Crippen LogP contribution in [0.1, 0.15) is 32.1 Å². The van der Waals surface area contributed by atoms with E-state index in [0.717, 1.165) is 29.9 Å². The maximum absolute atomic E-state index is 12.4. The number of carbonyl (C=O) groups is 1. The molecule has 0 radical (unpaired) electrons. The molecule has 1 fully saturated rings. The highest BCUT2D eigenvalue weighted by Gasteiger charge is 2.18. The highest BCUT2D eigenvalue weighted by Crippen LogP contribution is 2.27. The van der Waals surface area contributed by atoms with Crippen molar-refractivity contribution in [3.8, 4) is 17.1 Å². The van der Waals surface area contributed by atoms with Crippen molar-refractivity contribution in [2.75, 3.05) is 5.75 Å². The predicted molar refractivity (Wildman–Crippen MR) is 131 cm³/mol. The van der Waals surface area contributed by atoms with Gasteiger partial charge in [0.05, 0.1) is 5.75 Å². The molecule has 0 atom stereocenters. The Kier molecular flexibility index (Phi) is 7.73. The molecule has 9 heteroatoms. The molecule has 3 aromatic rings. The van der Waals surface area contributed by atoms with Gasteiger partial charge in [-0.3, -0.25) is 20.2 Å². The number of thiocarbonyl (C=S) groups is 1. The van der Waals surface area contributed by atoms with Gasteiger partial charge >= 0.3 is 0 Å². The first-order valence-corrected chi connectivity index (χ1v) is 12.1. The molecule has 3 N–H and O–H groups in total. The average Bonchev–Trinajstić information content (AvgIpc) is 3.27. The summed E-state index contributed by atoms with van der Waals surface area (Å²) in [6, 6.07) is 20.2. The molecule has 0 saturated heterocycles. The second-order valence-corrected chi connectivity index (χ2v) is 8.96. The zero-order valence-electron chi connectivity index (χ0n) is 17.7. The number of hydrazine groups is 1. The fourth-order valence-corrected chi connectivity index (χ4v) is 4.68. The maximum atomic E-state index is 12.4. The Labute approximate surface area is 197 Å². The Bertz CT molecular complexity index is 1040. The summed E-state index contributed by atoms with van der Waals surface area (Å²) in [4.78, 5) is 12.4. The molecule has 32 heavy (non-hydrogen) atoms. The standard InChI is InChI=1S/C23H26N6OS2/c30-20(25-27-22(31)24-18-12-6-2-7-13-18)16-32-23-28-26-21(17-10-4-1-5-11-17)29(23)19-14-8-3-9-15-19/h1,3-5,8-11,14-15,18H,2,6-7,12-13,16H2,(H,25,30)(H2,24,27,31). The van der Waals surface area contributed by atoms with Crippen molar-refractivity contribution in [3.63, 3.8) is 0 Å². The van der Waals surface area contributed by atoms with E-state index in [4.69, 9.17) is 12.2 Å². The Morgan fingerprint density at radius 3 is 2.38 bits per heavy atom. The Hall–Kier alpha value is -2.91. The first kappa shape index (κ1) is 22.3. The lowest BCUT2D eigenvalue weighted by molar-refractivity contribution is -0.119. The van der Waals surface area contributed by atoms with E-state index < -0.39 is 0 Å². The van der Waals surface area contributed by atoms with Crippen molar-refractivity contribution in [3.05, 3.63) is 60.7 Å². The van der Waals surface area contributed by atoms with E-state index in [0.29, 0.717) is 16.3 Å². The van der Waals surface area contributed by atoms with Crippen LogP contribution in [0.15, 0.2) is 65.8 Å². The van der Waals surface area contributed by atoms with Gasteiger partial charge in [0.25, 0.3) is 0 Å². The molecule has 4 rings (SSSR count). The van der Waals surface area contributed by atoms with Gasteiger partial charge in [0.2, 0.25) is 5.91 Å². The minimum atomic E-state index is -0.188. The summed E-state index contributed by atoms with van der Waals surface area (Å²) in [7, 11) is 0. The third kappa shape index (κ3) is 5.86. The van der Waals surface area contributed by atoms with E-state index in [1.807, 2.05) is 65.2 Å². The van der Waals surface area contributed by atoms with Crippen LogP contribution in [0.4, 0.5) is 0 Å². The number of carbonyl (C=O) groups excluding carboxylic acids is 1. The van der Waals surface area contributed by atoms with Crippen molar-refractivity contribution in [2.45, 2.75) is 43.3 Å². The summed E-state index contributed by atoms with van der Waals surface area (Å²) in [5.74, 6) is 0.723. The van der Waals surface area contributed by atoms with Crippen LogP contribution < -0.4 is 16.2 Å². The highest BCUT2D eigenvalue weighted by atomic mass is 32.2. The lowest BCUT2D eigenvalue weighted by atomic mass is 9.96. The molecule has 0 bridgehead atoms. The molecular weight excluding hydrogens is 440 g/mol. The molecule has 0 spiro atoms. The van der Waals surface area contributed by atoms with Gasteiger partial charge in [-0.25, -0.2) is 0 Å². The number of amides is 1. The lowest BCUT2D eigenvalue weighted by Gasteiger charge is -2.24. The van der Waals surface area contributed by atoms with Crippen LogP contribution in [-0.2, 0) is 4.79 Å². The molecule has 1 aliphatic carbocycles. The SMILES string of the molecule is O=C(CSc1nnc(-c2ccccc2)n1-c1ccccc1)NNC(=S)NC1CCCCC1. The number of thioether (sulfide) groups is 1. The van der Waals surface area contributed by atoms with Crippen molar-refractivity contribution >= 4 is 35.0 Å². The summed E-state index contributed by atoms with van der Waals surface area (Å²) >= 11 is 6.63. The number of benzene rings is 2. The summed E-state index contributed by atoms with van der Waals surface area (Å²) in [6.45, 7) is 0. The van der Waals surface area contributed by atoms with E-state index in [1.165, 1.54) is 31.0 Å². The second kappa shape index (κ2) is 11.1. The van der Waals surface area contributed by atoms with Gasteiger partial charge in [-0.15, -0.1) is 10.2 Å². The molecule has 166 valence electrons. The topological polar surface area (TPSA) is 83.9 Å². The summed E-state index contributed by atoms with van der Waals surface area (Å²) in [5, 5.41) is 13.1. The largest absolute Gasteiger partial charge is 0.359 e. The van der Waals surface area contributed by atoms with Gasteiger partial charge in [0, 0.05) is 17.3 Å². The average molecular weight is 467 g/mol. The fourth-order valence-electron chi connectivity index (χ4n) is 3.71. The molecular formula is C23H26N6OS2. The van der Waals surface area contributed by atoms with E-state index in [9.17, 15) is 4.79 Å². The van der Waals surface area contributed by atoms with Gasteiger partial charge in [-0.05, 0) is 37.2 Å². The fraction of sp³-hybridized carbons (Fsp3) is 0.304. The monoisotopic (exact) mass is 466 g/mol. The maximum Gasteiger partial charge on any atom is 0.248 e. The first-order chi connectivity index (χ1) is 15.7. The number of hydrogen-bond donors (Lipinski definition) is 3. The van der Waals surface area contributed by atoms with Gasteiger partial charge in [0.1, 0.15) is 0 Å². The highest BCUT2D eigenvalue weighted by molar-refractivity contribution is 7.99. The molecule has 1 aromatic heterocycles. The van der Waals surface area contributed by atoms with Crippen LogP contribution in [0.3, 0.4) is 0 Å². The third-order valence-corrected chi connectivity index (χ3v) is 6.42. The van der Waals surface area contributed by atoms with Crippen LogP contribution in [0.5, 0.6) is 0 Å². The molecule has 1 amide bonds. The van der Waals surface area contributed by atoms with Crippen molar-refractivity contribution in [1.29, 1.82) is 0 Å². The number of para-hydroxylation sites is 1. The third-order valence-electron chi connectivity index (χ3n) is 5.27. The van der Waals surface area contributed by atoms with E-state index >= 15 is 0 Å². The zero-order valence-corrected chi connectivity index (χ0v) is 19.3. The van der Waals surface area contributed by atoms with Crippen LogP contribution >= 0.6 is 24.0 Å². The summed E-state index contributed by atoms with van der Waals surface area (Å²) < 4.78 is 1.97. The second-order valence-electron chi connectivity index (χ2n) is 7.61. The van der Waals surface area contributed by atoms with Gasteiger partial charge in [-0.1, -0.05) is 79.6 Å². The minimum absolute atomic E-state index is 0.179. The first-order valence-electron chi connectivity index (χ1n) is 10.7. The zero-order chi connectivity index (χ0) is 22.2. The smallest absolute Gasteiger partial charge is 0.248 e. The number of hydrogen-bond acceptors (Lipinski definition) is 5. The van der Waals surface area contributed by atoms with E-state index in [2.05, 4.69) is 26.4 Å². The molecule has 0 aliphatic heterocycles. The molecule has 7 nitrogen and oxygen atoms in total. The minimum Gasteiger partial charge on any atom is -0.359 e. The van der Waals surface area contributed by atoms with Gasteiger partial charge in [-0.2, -0.15) is 0 Å². The quantitative estimate of drug-likeness (QED) is 0.289. The molecule has 2 aromatic carbocycles. The van der Waals surface area contributed by atoms with Gasteiger partial charge in [0.15, 0.2) is 16.1 Å².